The van der Waals surface area contributed by atoms with Gasteiger partial charge in [0.25, 0.3) is 5.91 Å². The standard InChI is InChI=1S/C23H25FN4O2/c1-4-21-20(14-25-28(21)19-11-5-16(24)6-12-19)23(30)27-18-9-7-17(8-10-18)26-22(29)13-15(2)3/h5-12,14-15H,4,13H2,1-3H3,(H,26,29)(H,27,30). The Morgan fingerprint density at radius 2 is 1.60 bits per heavy atom. The Bertz CT molecular complexity index is 1020. The largest absolute Gasteiger partial charge is 0.326 e. The normalized spacial score (nSPS) is 10.8. The highest BCUT2D eigenvalue weighted by molar-refractivity contribution is 6.05. The lowest BCUT2D eigenvalue weighted by Crippen LogP contribution is -2.15. The number of nitrogens with one attached hydrogen (secondary N) is 2. The van der Waals surface area contributed by atoms with Gasteiger partial charge >= 0.3 is 0 Å². The van der Waals surface area contributed by atoms with Gasteiger partial charge in [-0.25, -0.2) is 9.07 Å². The van der Waals surface area contributed by atoms with Gasteiger partial charge in [0.15, 0.2) is 0 Å². The summed E-state index contributed by atoms with van der Waals surface area (Å²) in [6, 6.07) is 12.9. The van der Waals surface area contributed by atoms with Gasteiger partial charge in [0.1, 0.15) is 5.82 Å². The molecule has 2 amide bonds. The number of hydrogen-bond acceptors (Lipinski definition) is 3. The number of carbonyl (C=O) groups is 2. The van der Waals surface area contributed by atoms with Crippen LogP contribution < -0.4 is 10.6 Å². The monoisotopic (exact) mass is 408 g/mol. The van der Waals surface area contributed by atoms with Gasteiger partial charge in [-0.3, -0.25) is 9.59 Å². The Morgan fingerprint density at radius 1 is 1.00 bits per heavy atom. The number of hydrogen-bond donors (Lipinski definition) is 2. The highest BCUT2D eigenvalue weighted by Gasteiger charge is 2.17. The molecule has 156 valence electrons. The third-order valence-corrected chi connectivity index (χ3v) is 4.54. The van der Waals surface area contributed by atoms with Crippen molar-refractivity contribution >= 4 is 23.2 Å². The molecular weight excluding hydrogens is 383 g/mol. The molecule has 1 heterocycles. The van der Waals surface area contributed by atoms with Crippen molar-refractivity contribution in [1.82, 2.24) is 9.78 Å². The van der Waals surface area contributed by atoms with E-state index in [1.54, 1.807) is 41.1 Å². The van der Waals surface area contributed by atoms with Crippen LogP contribution in [-0.4, -0.2) is 21.6 Å². The first-order valence-corrected chi connectivity index (χ1v) is 9.91. The molecule has 6 nitrogen and oxygen atoms in total. The fourth-order valence-electron chi connectivity index (χ4n) is 3.13. The summed E-state index contributed by atoms with van der Waals surface area (Å²) >= 11 is 0. The van der Waals surface area contributed by atoms with Crippen LogP contribution in [0.5, 0.6) is 0 Å². The lowest BCUT2D eigenvalue weighted by Gasteiger charge is -2.10. The summed E-state index contributed by atoms with van der Waals surface area (Å²) in [5.74, 6) is -0.364. The lowest BCUT2D eigenvalue weighted by atomic mass is 10.1. The smallest absolute Gasteiger partial charge is 0.259 e. The number of amides is 2. The van der Waals surface area contributed by atoms with Crippen molar-refractivity contribution in [3.8, 4) is 5.69 Å². The van der Waals surface area contributed by atoms with Crippen LogP contribution in [0.15, 0.2) is 54.7 Å². The lowest BCUT2D eigenvalue weighted by molar-refractivity contribution is -0.116. The minimum atomic E-state index is -0.328. The van der Waals surface area contributed by atoms with Crippen molar-refractivity contribution < 1.29 is 14.0 Å². The number of anilines is 2. The molecule has 0 bridgehead atoms. The predicted molar refractivity (Wildman–Crippen MR) is 115 cm³/mol. The second kappa shape index (κ2) is 9.35. The van der Waals surface area contributed by atoms with E-state index in [-0.39, 0.29) is 23.5 Å². The Balaban J connectivity index is 1.72. The summed E-state index contributed by atoms with van der Waals surface area (Å²) in [5.41, 5.74) is 3.16. The Labute approximate surface area is 175 Å². The Morgan fingerprint density at radius 3 is 2.17 bits per heavy atom. The number of benzene rings is 2. The number of halogens is 1. The first-order valence-electron chi connectivity index (χ1n) is 9.91. The highest BCUT2D eigenvalue weighted by Crippen LogP contribution is 2.19. The molecule has 0 aliphatic rings. The van der Waals surface area contributed by atoms with Crippen molar-refractivity contribution in [1.29, 1.82) is 0 Å². The zero-order valence-corrected chi connectivity index (χ0v) is 17.3. The van der Waals surface area contributed by atoms with E-state index in [1.807, 2.05) is 20.8 Å². The molecule has 0 aliphatic carbocycles. The van der Waals surface area contributed by atoms with Gasteiger partial charge < -0.3 is 10.6 Å². The van der Waals surface area contributed by atoms with Crippen molar-refractivity contribution in [3.05, 3.63) is 71.8 Å². The molecule has 0 unspecified atom stereocenters. The molecule has 0 saturated carbocycles. The van der Waals surface area contributed by atoms with Crippen molar-refractivity contribution in [2.24, 2.45) is 5.92 Å². The number of rotatable bonds is 7. The van der Waals surface area contributed by atoms with E-state index in [2.05, 4.69) is 15.7 Å². The fraction of sp³-hybridized carbons (Fsp3) is 0.261. The third kappa shape index (κ3) is 5.11. The van der Waals surface area contributed by atoms with Crippen LogP contribution in [0.4, 0.5) is 15.8 Å². The number of aromatic nitrogens is 2. The van der Waals surface area contributed by atoms with Crippen LogP contribution in [-0.2, 0) is 11.2 Å². The van der Waals surface area contributed by atoms with Gasteiger partial charge in [-0.15, -0.1) is 0 Å². The van der Waals surface area contributed by atoms with Crippen molar-refractivity contribution in [2.75, 3.05) is 10.6 Å². The molecule has 0 fully saturated rings. The SMILES string of the molecule is CCc1c(C(=O)Nc2ccc(NC(=O)CC(C)C)cc2)cnn1-c1ccc(F)cc1. The van der Waals surface area contributed by atoms with Gasteiger partial charge in [0.05, 0.1) is 23.1 Å². The molecule has 0 saturated heterocycles. The second-order valence-electron chi connectivity index (χ2n) is 7.42. The van der Waals surface area contributed by atoms with E-state index in [0.29, 0.717) is 35.5 Å². The van der Waals surface area contributed by atoms with Gasteiger partial charge in [-0.2, -0.15) is 5.10 Å². The minimum Gasteiger partial charge on any atom is -0.326 e. The average Bonchev–Trinajstić information content (AvgIpc) is 3.13. The molecule has 30 heavy (non-hydrogen) atoms. The van der Waals surface area contributed by atoms with Gasteiger partial charge in [-0.05, 0) is 60.9 Å². The van der Waals surface area contributed by atoms with Crippen molar-refractivity contribution in [2.45, 2.75) is 33.6 Å². The van der Waals surface area contributed by atoms with E-state index < -0.39 is 0 Å². The maximum absolute atomic E-state index is 13.2. The molecule has 7 heteroatoms. The van der Waals surface area contributed by atoms with Gasteiger partial charge in [0, 0.05) is 17.8 Å². The second-order valence-corrected chi connectivity index (χ2v) is 7.42. The molecule has 3 aromatic rings. The molecule has 0 aliphatic heterocycles. The molecule has 1 aromatic heterocycles. The molecule has 0 atom stereocenters. The summed E-state index contributed by atoms with van der Waals surface area (Å²) in [6.45, 7) is 5.91. The van der Waals surface area contributed by atoms with Gasteiger partial charge in [0.2, 0.25) is 5.91 Å². The molecule has 3 rings (SSSR count). The zero-order chi connectivity index (χ0) is 21.7. The van der Waals surface area contributed by atoms with Crippen LogP contribution in [0.2, 0.25) is 0 Å². The number of nitrogens with zero attached hydrogens (tertiary/aromatic N) is 2. The van der Waals surface area contributed by atoms with Crippen LogP contribution in [0, 0.1) is 11.7 Å². The average molecular weight is 408 g/mol. The molecule has 0 radical (unpaired) electrons. The fourth-order valence-corrected chi connectivity index (χ4v) is 3.13. The molecule has 2 aromatic carbocycles. The predicted octanol–water partition coefficient (Wildman–Crippen LogP) is 4.81. The summed E-state index contributed by atoms with van der Waals surface area (Å²) in [5, 5.41) is 10.00. The van der Waals surface area contributed by atoms with Crippen LogP contribution in [0.3, 0.4) is 0 Å². The van der Waals surface area contributed by atoms with Crippen LogP contribution in [0.25, 0.3) is 5.69 Å². The van der Waals surface area contributed by atoms with Crippen LogP contribution in [0.1, 0.15) is 43.2 Å². The van der Waals surface area contributed by atoms with E-state index in [9.17, 15) is 14.0 Å². The summed E-state index contributed by atoms with van der Waals surface area (Å²) < 4.78 is 14.8. The van der Waals surface area contributed by atoms with Crippen molar-refractivity contribution in [3.63, 3.8) is 0 Å². The number of carbonyl (C=O) groups excluding carboxylic acids is 2. The van der Waals surface area contributed by atoms with E-state index in [0.717, 1.165) is 5.69 Å². The Kier molecular flexibility index (Phi) is 6.61. The van der Waals surface area contributed by atoms with Crippen LogP contribution >= 0.6 is 0 Å². The maximum atomic E-state index is 13.2. The van der Waals surface area contributed by atoms with E-state index in [1.165, 1.54) is 18.3 Å². The molecule has 2 N–H and O–H groups in total. The highest BCUT2D eigenvalue weighted by atomic mass is 19.1. The third-order valence-electron chi connectivity index (χ3n) is 4.54. The van der Waals surface area contributed by atoms with Gasteiger partial charge in [-0.1, -0.05) is 20.8 Å². The minimum absolute atomic E-state index is 0.0393. The quantitative estimate of drug-likeness (QED) is 0.589. The summed E-state index contributed by atoms with van der Waals surface area (Å²) in [7, 11) is 0. The maximum Gasteiger partial charge on any atom is 0.259 e. The first-order chi connectivity index (χ1) is 14.4. The van der Waals surface area contributed by atoms with E-state index in [4.69, 9.17) is 0 Å². The summed E-state index contributed by atoms with van der Waals surface area (Å²) in [4.78, 5) is 24.7. The summed E-state index contributed by atoms with van der Waals surface area (Å²) in [6.07, 6.45) is 2.55. The molecular formula is C23H25FN4O2. The zero-order valence-electron chi connectivity index (χ0n) is 17.3. The first kappa shape index (κ1) is 21.2. The topological polar surface area (TPSA) is 76.0 Å². The Hall–Kier alpha value is -3.48. The van der Waals surface area contributed by atoms with E-state index >= 15 is 0 Å². The molecule has 0 spiro atoms.